The predicted octanol–water partition coefficient (Wildman–Crippen LogP) is -2.25. The van der Waals surface area contributed by atoms with Crippen LogP contribution < -0.4 is 43.9 Å². The van der Waals surface area contributed by atoms with E-state index >= 15 is 0 Å². The van der Waals surface area contributed by atoms with Gasteiger partial charge in [0, 0.05) is 70.1 Å². The molecule has 1 atom stereocenters. The summed E-state index contributed by atoms with van der Waals surface area (Å²) in [7, 11) is 0. The molecule has 5 amide bonds. The molecule has 0 aromatic carbocycles. The summed E-state index contributed by atoms with van der Waals surface area (Å²) in [6.07, 6.45) is 0.155. The number of hydrogen-bond donors (Lipinski definition) is 8. The fourth-order valence-corrected chi connectivity index (χ4v) is 6.06. The largest absolute Gasteiger partial charge is 0.425 e. The molecule has 4 heterocycles. The SMILES string of the molecule is NCCOCCNC(=O)[C@H](CCN(CCCCN(CCCNC(=O)c1cccc(=O)n1O)C(=O)c1cccc(=O)n1O)C(=O)c1cccc(=O)n1O)NC(=O)c1cccc(=O)n1O. The second-order valence-electron chi connectivity index (χ2n) is 13.7. The molecule has 0 aliphatic heterocycles. The Kier molecular flexibility index (Phi) is 17.7. The second-order valence-corrected chi connectivity index (χ2v) is 13.7. The lowest BCUT2D eigenvalue weighted by molar-refractivity contribution is -0.123. The van der Waals surface area contributed by atoms with Crippen LogP contribution in [-0.2, 0) is 9.53 Å². The van der Waals surface area contributed by atoms with Crippen molar-refractivity contribution in [1.29, 1.82) is 0 Å². The van der Waals surface area contributed by atoms with Gasteiger partial charge in [0.25, 0.3) is 45.9 Å². The first-order valence-electron chi connectivity index (χ1n) is 19.5. The number of ether oxygens (including phenoxy) is 1. The summed E-state index contributed by atoms with van der Waals surface area (Å²) >= 11 is 0. The first kappa shape index (κ1) is 47.9. The Balaban J connectivity index is 1.52. The predicted molar refractivity (Wildman–Crippen MR) is 218 cm³/mol. The van der Waals surface area contributed by atoms with Gasteiger partial charge in [-0.2, -0.15) is 0 Å². The Labute approximate surface area is 356 Å². The minimum atomic E-state index is -1.38. The zero-order valence-electron chi connectivity index (χ0n) is 33.8. The molecule has 0 saturated carbocycles. The van der Waals surface area contributed by atoms with Crippen LogP contribution in [0.25, 0.3) is 0 Å². The van der Waals surface area contributed by atoms with Crippen LogP contribution in [0.1, 0.15) is 67.6 Å². The summed E-state index contributed by atoms with van der Waals surface area (Å²) in [4.78, 5) is 117. The molecule has 0 aliphatic carbocycles. The van der Waals surface area contributed by atoms with Crippen molar-refractivity contribution < 1.29 is 49.5 Å². The minimum absolute atomic E-state index is 0.000362. The lowest BCUT2D eigenvalue weighted by Crippen LogP contribution is -2.50. The first-order chi connectivity index (χ1) is 30.2. The average Bonchev–Trinajstić information content (AvgIpc) is 3.26. The van der Waals surface area contributed by atoms with Gasteiger partial charge in [0.05, 0.1) is 13.2 Å². The van der Waals surface area contributed by atoms with Crippen LogP contribution in [0.3, 0.4) is 0 Å². The molecule has 24 nitrogen and oxygen atoms in total. The van der Waals surface area contributed by atoms with E-state index in [-0.39, 0.29) is 115 Å². The Hall–Kier alpha value is -7.73. The van der Waals surface area contributed by atoms with E-state index in [1.165, 1.54) is 52.3 Å². The van der Waals surface area contributed by atoms with Gasteiger partial charge >= 0.3 is 0 Å². The lowest BCUT2D eigenvalue weighted by atomic mass is 10.1. The van der Waals surface area contributed by atoms with E-state index in [9.17, 15) is 64.0 Å². The van der Waals surface area contributed by atoms with Crippen molar-refractivity contribution >= 4 is 29.5 Å². The van der Waals surface area contributed by atoms with Gasteiger partial charge in [-0.15, -0.1) is 18.9 Å². The molecular weight excluding hydrogens is 832 g/mol. The molecule has 0 unspecified atom stereocenters. The molecule has 9 N–H and O–H groups in total. The van der Waals surface area contributed by atoms with Crippen LogP contribution >= 0.6 is 0 Å². The van der Waals surface area contributed by atoms with Crippen molar-refractivity contribution in [2.75, 3.05) is 59.0 Å². The van der Waals surface area contributed by atoms with Crippen LogP contribution in [0.2, 0.25) is 0 Å². The van der Waals surface area contributed by atoms with Crippen LogP contribution in [0, 0.1) is 0 Å². The van der Waals surface area contributed by atoms with Crippen LogP contribution in [0.15, 0.2) is 92.0 Å². The highest BCUT2D eigenvalue weighted by Gasteiger charge is 2.27. The number of amides is 5. The Morgan fingerprint density at radius 2 is 0.984 bits per heavy atom. The molecule has 4 rings (SSSR count). The highest BCUT2D eigenvalue weighted by Crippen LogP contribution is 2.11. The molecule has 4 aromatic heterocycles. The fraction of sp³-hybridized carbons (Fsp3) is 0.359. The van der Waals surface area contributed by atoms with Gasteiger partial charge in [-0.05, 0) is 49.9 Å². The summed E-state index contributed by atoms with van der Waals surface area (Å²) in [6.45, 7) is 0.0188. The van der Waals surface area contributed by atoms with Gasteiger partial charge in [-0.3, -0.25) is 43.2 Å². The number of aromatic nitrogens is 4. The molecule has 338 valence electrons. The number of nitrogens with two attached hydrogens (primary N) is 1. The summed E-state index contributed by atoms with van der Waals surface area (Å²) in [6, 6.07) is 12.5. The fourth-order valence-electron chi connectivity index (χ4n) is 6.06. The van der Waals surface area contributed by atoms with Gasteiger partial charge in [0.1, 0.15) is 28.8 Å². The van der Waals surface area contributed by atoms with Gasteiger partial charge in [-0.1, -0.05) is 24.3 Å². The number of rotatable bonds is 23. The molecule has 24 heteroatoms. The number of nitrogens with one attached hydrogen (secondary N) is 3. The highest BCUT2D eigenvalue weighted by molar-refractivity contribution is 5.96. The summed E-state index contributed by atoms with van der Waals surface area (Å²) in [5.74, 6) is -4.13. The average molecular weight is 881 g/mol. The zero-order chi connectivity index (χ0) is 46.1. The number of unbranched alkanes of at least 4 members (excludes halogenated alkanes) is 1. The summed E-state index contributed by atoms with van der Waals surface area (Å²) in [5.41, 5.74) is 0.281. The standard InChI is InChI=1S/C39H48N10O14/c40-17-24-63-25-19-42-35(54)26(43-37(56)28-9-4-13-32(51)47(28)60)16-23-45(39(58)30-11-6-15-34(53)49(30)62)21-2-1-20-44(38(57)29-10-5-14-33(52)48(29)61)22-7-18-41-36(55)27-8-3-12-31(50)46(27)59/h3-6,8-15,26,59-62H,1-2,7,16-25,40H2,(H,41,55)(H,42,54)(H,43,56)/t26-/m0/s1. The Morgan fingerprint density at radius 3 is 1.48 bits per heavy atom. The molecular formula is C39H48N10O14. The van der Waals surface area contributed by atoms with E-state index in [1.54, 1.807) is 0 Å². The van der Waals surface area contributed by atoms with E-state index < -0.39 is 69.2 Å². The van der Waals surface area contributed by atoms with Crippen LogP contribution in [0.5, 0.6) is 0 Å². The molecule has 0 fully saturated rings. The van der Waals surface area contributed by atoms with Crippen LogP contribution in [-0.4, -0.2) is 144 Å². The maximum atomic E-state index is 13.9. The number of carbonyl (C=O) groups is 5. The van der Waals surface area contributed by atoms with Gasteiger partial charge < -0.3 is 57.0 Å². The zero-order valence-corrected chi connectivity index (χ0v) is 33.8. The van der Waals surface area contributed by atoms with Gasteiger partial charge in [0.2, 0.25) is 5.91 Å². The first-order valence-corrected chi connectivity index (χ1v) is 19.5. The van der Waals surface area contributed by atoms with E-state index in [0.29, 0.717) is 0 Å². The topological polar surface area (TPSA) is 332 Å². The number of hydrogen-bond acceptors (Lipinski definition) is 15. The number of pyridine rings is 4. The lowest BCUT2D eigenvalue weighted by Gasteiger charge is -2.27. The van der Waals surface area contributed by atoms with Gasteiger partial charge in [0.15, 0.2) is 0 Å². The third-order valence-electron chi connectivity index (χ3n) is 9.31. The quantitative estimate of drug-likeness (QED) is 0.0288. The monoisotopic (exact) mass is 880 g/mol. The molecule has 0 aliphatic rings. The van der Waals surface area contributed by atoms with Crippen molar-refractivity contribution in [3.8, 4) is 0 Å². The van der Waals surface area contributed by atoms with Crippen molar-refractivity contribution in [3.05, 3.63) is 137 Å². The van der Waals surface area contributed by atoms with Crippen LogP contribution in [0.4, 0.5) is 0 Å². The molecule has 63 heavy (non-hydrogen) atoms. The molecule has 0 radical (unpaired) electrons. The van der Waals surface area contributed by atoms with Crippen molar-refractivity contribution in [2.45, 2.75) is 31.7 Å². The minimum Gasteiger partial charge on any atom is -0.425 e. The number of nitrogens with zero attached hydrogens (tertiary/aromatic N) is 6. The maximum Gasteiger partial charge on any atom is 0.283 e. The second kappa shape index (κ2) is 23.3. The molecule has 0 bridgehead atoms. The summed E-state index contributed by atoms with van der Waals surface area (Å²) < 4.78 is 5.88. The van der Waals surface area contributed by atoms with Crippen molar-refractivity contribution in [2.24, 2.45) is 5.73 Å². The van der Waals surface area contributed by atoms with E-state index in [1.807, 2.05) is 0 Å². The highest BCUT2D eigenvalue weighted by atomic mass is 16.5. The van der Waals surface area contributed by atoms with E-state index in [4.69, 9.17) is 10.5 Å². The Morgan fingerprint density at radius 1 is 0.556 bits per heavy atom. The third kappa shape index (κ3) is 13.1. The van der Waals surface area contributed by atoms with Crippen molar-refractivity contribution in [1.82, 2.24) is 44.7 Å². The third-order valence-corrected chi connectivity index (χ3v) is 9.31. The smallest absolute Gasteiger partial charge is 0.283 e. The maximum absolute atomic E-state index is 13.9. The molecule has 0 spiro atoms. The molecule has 4 aromatic rings. The summed E-state index contributed by atoms with van der Waals surface area (Å²) in [5, 5.41) is 48.4. The normalized spacial score (nSPS) is 11.3. The number of carbonyl (C=O) groups excluding carboxylic acids is 5. The Bertz CT molecular complexity index is 2500. The van der Waals surface area contributed by atoms with E-state index in [2.05, 4.69) is 16.0 Å². The van der Waals surface area contributed by atoms with Crippen molar-refractivity contribution in [3.63, 3.8) is 0 Å². The molecule has 0 saturated heterocycles. The van der Waals surface area contributed by atoms with E-state index in [0.717, 1.165) is 30.3 Å². The van der Waals surface area contributed by atoms with Gasteiger partial charge in [-0.25, -0.2) is 0 Å².